The highest BCUT2D eigenvalue weighted by atomic mass is 16.5. The molecule has 0 bridgehead atoms. The number of nitrogens with zero attached hydrogens (tertiary/aromatic N) is 3. The Morgan fingerprint density at radius 1 is 1.39 bits per heavy atom. The first-order valence-electron chi connectivity index (χ1n) is 5.51. The Morgan fingerprint density at radius 3 is 2.78 bits per heavy atom. The van der Waals surface area contributed by atoms with Crippen molar-refractivity contribution in [2.75, 3.05) is 26.9 Å². The lowest BCUT2D eigenvalue weighted by Gasteiger charge is -2.04. The molecular weight excluding hydrogens is 232 g/mol. The fraction of sp³-hybridized carbons (Fsp3) is 0.333. The van der Waals surface area contributed by atoms with E-state index in [1.54, 1.807) is 19.2 Å². The molecule has 0 fully saturated rings. The summed E-state index contributed by atoms with van der Waals surface area (Å²) in [6.07, 6.45) is 0. The topological polar surface area (TPSA) is 77.4 Å². The average Bonchev–Trinajstić information content (AvgIpc) is 2.76. The van der Waals surface area contributed by atoms with Crippen molar-refractivity contribution in [2.45, 2.75) is 6.54 Å². The monoisotopic (exact) mass is 248 g/mol. The van der Waals surface area contributed by atoms with Crippen molar-refractivity contribution in [2.24, 2.45) is 0 Å². The zero-order valence-corrected chi connectivity index (χ0v) is 10.7. The van der Waals surface area contributed by atoms with Gasteiger partial charge in [0.25, 0.3) is 5.89 Å². The van der Waals surface area contributed by atoms with Crippen LogP contribution in [0.15, 0.2) is 22.7 Å². The fourth-order valence-electron chi connectivity index (χ4n) is 1.57. The van der Waals surface area contributed by atoms with Crippen LogP contribution in [0.4, 0.5) is 5.69 Å². The first-order valence-corrected chi connectivity index (χ1v) is 5.51. The van der Waals surface area contributed by atoms with E-state index in [0.29, 0.717) is 35.3 Å². The van der Waals surface area contributed by atoms with Gasteiger partial charge in [-0.25, -0.2) is 0 Å². The third-order valence-electron chi connectivity index (χ3n) is 2.41. The molecule has 0 aliphatic rings. The SMILES string of the molecule is COc1ccc(-c2nc(CN(C)C)no2)c(N)c1. The van der Waals surface area contributed by atoms with Gasteiger partial charge >= 0.3 is 0 Å². The van der Waals surface area contributed by atoms with Gasteiger partial charge in [-0.15, -0.1) is 0 Å². The number of anilines is 1. The molecule has 0 atom stereocenters. The van der Waals surface area contributed by atoms with Gasteiger partial charge in [0.2, 0.25) is 0 Å². The van der Waals surface area contributed by atoms with Crippen molar-refractivity contribution in [3.8, 4) is 17.2 Å². The Bertz CT molecular complexity index is 537. The number of nitrogen functional groups attached to an aromatic ring is 1. The van der Waals surface area contributed by atoms with Gasteiger partial charge in [-0.1, -0.05) is 5.16 Å². The normalized spacial score (nSPS) is 10.9. The third-order valence-corrected chi connectivity index (χ3v) is 2.41. The first kappa shape index (κ1) is 12.4. The maximum atomic E-state index is 5.92. The molecule has 0 unspecified atom stereocenters. The Balaban J connectivity index is 2.28. The van der Waals surface area contributed by atoms with Crippen molar-refractivity contribution < 1.29 is 9.26 Å². The zero-order chi connectivity index (χ0) is 13.1. The molecule has 0 aliphatic carbocycles. The van der Waals surface area contributed by atoms with Crippen molar-refractivity contribution in [1.82, 2.24) is 15.0 Å². The molecule has 1 heterocycles. The second-order valence-electron chi connectivity index (χ2n) is 4.21. The van der Waals surface area contributed by atoms with Gasteiger partial charge in [0.1, 0.15) is 5.75 Å². The Labute approximate surface area is 105 Å². The molecule has 18 heavy (non-hydrogen) atoms. The molecule has 1 aromatic carbocycles. The van der Waals surface area contributed by atoms with Crippen molar-refractivity contribution in [3.63, 3.8) is 0 Å². The molecule has 2 aromatic rings. The molecule has 96 valence electrons. The minimum atomic E-state index is 0.423. The first-order chi connectivity index (χ1) is 8.60. The molecule has 0 saturated heterocycles. The quantitative estimate of drug-likeness (QED) is 0.824. The van der Waals surface area contributed by atoms with Gasteiger partial charge in [-0.2, -0.15) is 4.98 Å². The van der Waals surface area contributed by atoms with E-state index in [0.717, 1.165) is 0 Å². The minimum Gasteiger partial charge on any atom is -0.497 e. The molecule has 0 radical (unpaired) electrons. The van der Waals surface area contributed by atoms with Crippen LogP contribution < -0.4 is 10.5 Å². The van der Waals surface area contributed by atoms with E-state index in [4.69, 9.17) is 15.0 Å². The molecule has 6 heteroatoms. The number of nitrogens with two attached hydrogens (primary N) is 1. The van der Waals surface area contributed by atoms with Gasteiger partial charge in [0, 0.05) is 11.8 Å². The summed E-state index contributed by atoms with van der Waals surface area (Å²) >= 11 is 0. The summed E-state index contributed by atoms with van der Waals surface area (Å²) in [6.45, 7) is 0.625. The average molecular weight is 248 g/mol. The second-order valence-corrected chi connectivity index (χ2v) is 4.21. The molecule has 2 rings (SSSR count). The fourth-order valence-corrected chi connectivity index (χ4v) is 1.57. The smallest absolute Gasteiger partial charge is 0.260 e. The van der Waals surface area contributed by atoms with Crippen LogP contribution in [0.25, 0.3) is 11.5 Å². The summed E-state index contributed by atoms with van der Waals surface area (Å²) in [4.78, 5) is 6.26. The number of methoxy groups -OCH3 is 1. The van der Waals surface area contributed by atoms with Crippen LogP contribution >= 0.6 is 0 Å². The maximum absolute atomic E-state index is 5.92. The van der Waals surface area contributed by atoms with Gasteiger partial charge in [0.15, 0.2) is 5.82 Å². The maximum Gasteiger partial charge on any atom is 0.260 e. The lowest BCUT2D eigenvalue weighted by atomic mass is 10.1. The van der Waals surface area contributed by atoms with Gasteiger partial charge in [-0.05, 0) is 26.2 Å². The Morgan fingerprint density at radius 2 is 2.17 bits per heavy atom. The molecular formula is C12H16N4O2. The third kappa shape index (κ3) is 2.60. The van der Waals surface area contributed by atoms with E-state index < -0.39 is 0 Å². The number of benzene rings is 1. The standard InChI is InChI=1S/C12H16N4O2/c1-16(2)7-11-14-12(18-15-11)9-5-4-8(17-3)6-10(9)13/h4-6H,7,13H2,1-3H3. The number of ether oxygens (including phenoxy) is 1. The Hall–Kier alpha value is -2.08. The number of aromatic nitrogens is 2. The molecule has 6 nitrogen and oxygen atoms in total. The van der Waals surface area contributed by atoms with E-state index in [1.165, 1.54) is 0 Å². The van der Waals surface area contributed by atoms with Crippen LogP contribution in [0.2, 0.25) is 0 Å². The highest BCUT2D eigenvalue weighted by Gasteiger charge is 2.12. The van der Waals surface area contributed by atoms with Crippen molar-refractivity contribution in [1.29, 1.82) is 0 Å². The predicted octanol–water partition coefficient (Wildman–Crippen LogP) is 1.39. The lowest BCUT2D eigenvalue weighted by Crippen LogP contribution is -2.11. The van der Waals surface area contributed by atoms with Crippen LogP contribution in [0, 0.1) is 0 Å². The van der Waals surface area contributed by atoms with Gasteiger partial charge in [0.05, 0.1) is 19.2 Å². The van der Waals surface area contributed by atoms with Crippen LogP contribution in [-0.2, 0) is 6.54 Å². The summed E-state index contributed by atoms with van der Waals surface area (Å²) in [5.74, 6) is 1.75. The van der Waals surface area contributed by atoms with E-state index in [9.17, 15) is 0 Å². The minimum absolute atomic E-state index is 0.423. The molecule has 0 amide bonds. The lowest BCUT2D eigenvalue weighted by molar-refractivity contribution is 0.365. The largest absolute Gasteiger partial charge is 0.497 e. The number of hydrogen-bond acceptors (Lipinski definition) is 6. The predicted molar refractivity (Wildman–Crippen MR) is 68.1 cm³/mol. The van der Waals surface area contributed by atoms with Gasteiger partial charge in [-0.3, -0.25) is 0 Å². The molecule has 0 spiro atoms. The van der Waals surface area contributed by atoms with Crippen LogP contribution in [0.1, 0.15) is 5.82 Å². The molecule has 1 aromatic heterocycles. The van der Waals surface area contributed by atoms with E-state index in [2.05, 4.69) is 10.1 Å². The molecule has 2 N–H and O–H groups in total. The summed E-state index contributed by atoms with van der Waals surface area (Å²) in [5.41, 5.74) is 7.19. The summed E-state index contributed by atoms with van der Waals surface area (Å²) < 4.78 is 10.3. The van der Waals surface area contributed by atoms with E-state index >= 15 is 0 Å². The van der Waals surface area contributed by atoms with Crippen molar-refractivity contribution >= 4 is 5.69 Å². The van der Waals surface area contributed by atoms with Gasteiger partial charge < -0.3 is 19.9 Å². The van der Waals surface area contributed by atoms with Crippen LogP contribution in [0.5, 0.6) is 5.75 Å². The Kier molecular flexibility index (Phi) is 3.47. The molecule has 0 aliphatic heterocycles. The highest BCUT2D eigenvalue weighted by molar-refractivity contribution is 5.71. The van der Waals surface area contributed by atoms with Crippen molar-refractivity contribution in [3.05, 3.63) is 24.0 Å². The number of hydrogen-bond donors (Lipinski definition) is 1. The van der Waals surface area contributed by atoms with E-state index in [-0.39, 0.29) is 0 Å². The highest BCUT2D eigenvalue weighted by Crippen LogP contribution is 2.28. The second kappa shape index (κ2) is 5.05. The summed E-state index contributed by atoms with van der Waals surface area (Å²) in [6, 6.07) is 5.34. The number of rotatable bonds is 4. The van der Waals surface area contributed by atoms with E-state index in [1.807, 2.05) is 25.1 Å². The molecule has 0 saturated carbocycles. The summed E-state index contributed by atoms with van der Waals surface area (Å²) in [7, 11) is 5.48. The van der Waals surface area contributed by atoms with Crippen LogP contribution in [-0.4, -0.2) is 36.2 Å². The zero-order valence-electron chi connectivity index (χ0n) is 10.7. The summed E-state index contributed by atoms with van der Waals surface area (Å²) in [5, 5.41) is 3.90. The van der Waals surface area contributed by atoms with Crippen LogP contribution in [0.3, 0.4) is 0 Å².